The average molecular weight is 338 g/mol. The first-order valence-corrected chi connectivity index (χ1v) is 8.71. The van der Waals surface area contributed by atoms with Gasteiger partial charge in [0.25, 0.3) is 0 Å². The molecule has 128 valence electrons. The predicted molar refractivity (Wildman–Crippen MR) is 93.8 cm³/mol. The number of rotatable bonds is 6. The maximum Gasteiger partial charge on any atom is 0.243 e. The van der Waals surface area contributed by atoms with Gasteiger partial charge in [-0.05, 0) is 25.5 Å². The van der Waals surface area contributed by atoms with E-state index in [4.69, 9.17) is 4.74 Å². The van der Waals surface area contributed by atoms with Crippen molar-refractivity contribution in [1.82, 2.24) is 15.5 Å². The normalized spacial score (nSPS) is 18.0. The van der Waals surface area contributed by atoms with E-state index in [1.54, 1.807) is 30.3 Å². The highest BCUT2D eigenvalue weighted by Crippen LogP contribution is 2.14. The SMILES string of the molecule is Cc1ccc(CNC(=NCC(=O)N(C)C)NCC2CCOC2)s1. The maximum atomic E-state index is 11.7. The highest BCUT2D eigenvalue weighted by molar-refractivity contribution is 7.11. The minimum absolute atomic E-state index is 0.0118. The highest BCUT2D eigenvalue weighted by Gasteiger charge is 2.16. The largest absolute Gasteiger partial charge is 0.381 e. The molecule has 7 heteroatoms. The Morgan fingerprint density at radius 3 is 2.87 bits per heavy atom. The van der Waals surface area contributed by atoms with E-state index >= 15 is 0 Å². The molecule has 0 radical (unpaired) electrons. The van der Waals surface area contributed by atoms with Gasteiger partial charge in [0.15, 0.2) is 5.96 Å². The van der Waals surface area contributed by atoms with E-state index in [1.165, 1.54) is 9.75 Å². The van der Waals surface area contributed by atoms with Crippen LogP contribution in [-0.2, 0) is 16.1 Å². The number of thiophene rings is 1. The van der Waals surface area contributed by atoms with Crippen LogP contribution in [0.15, 0.2) is 17.1 Å². The van der Waals surface area contributed by atoms with Crippen molar-refractivity contribution in [3.63, 3.8) is 0 Å². The second kappa shape index (κ2) is 8.88. The molecule has 0 spiro atoms. The monoisotopic (exact) mass is 338 g/mol. The van der Waals surface area contributed by atoms with Crippen LogP contribution in [0.25, 0.3) is 0 Å². The number of aryl methyl sites for hydroxylation is 1. The Bertz CT molecular complexity index is 536. The van der Waals surface area contributed by atoms with Gasteiger partial charge < -0.3 is 20.3 Å². The second-order valence-corrected chi connectivity index (χ2v) is 7.30. The minimum atomic E-state index is -0.0118. The molecule has 2 N–H and O–H groups in total. The van der Waals surface area contributed by atoms with Gasteiger partial charge >= 0.3 is 0 Å². The van der Waals surface area contributed by atoms with Gasteiger partial charge in [0.2, 0.25) is 5.91 Å². The number of likely N-dealkylation sites (N-methyl/N-ethyl adjacent to an activating group) is 1. The number of nitrogens with one attached hydrogen (secondary N) is 2. The fraction of sp³-hybridized carbons (Fsp3) is 0.625. The van der Waals surface area contributed by atoms with Crippen LogP contribution in [0, 0.1) is 12.8 Å². The third kappa shape index (κ3) is 6.19. The summed E-state index contributed by atoms with van der Waals surface area (Å²) in [4.78, 5) is 20.2. The van der Waals surface area contributed by atoms with E-state index in [0.29, 0.717) is 18.4 Å². The Morgan fingerprint density at radius 1 is 1.43 bits per heavy atom. The van der Waals surface area contributed by atoms with Crippen molar-refractivity contribution >= 4 is 23.2 Å². The molecule has 2 heterocycles. The van der Waals surface area contributed by atoms with Gasteiger partial charge in [0, 0.05) is 42.9 Å². The first-order chi connectivity index (χ1) is 11.0. The van der Waals surface area contributed by atoms with Crippen molar-refractivity contribution in [3.05, 3.63) is 21.9 Å². The van der Waals surface area contributed by atoms with Gasteiger partial charge in [0.05, 0.1) is 13.2 Å². The Hall–Kier alpha value is -1.60. The van der Waals surface area contributed by atoms with E-state index in [9.17, 15) is 4.79 Å². The van der Waals surface area contributed by atoms with Crippen molar-refractivity contribution in [2.45, 2.75) is 19.9 Å². The van der Waals surface area contributed by atoms with E-state index < -0.39 is 0 Å². The van der Waals surface area contributed by atoms with Gasteiger partial charge in [-0.2, -0.15) is 0 Å². The van der Waals surface area contributed by atoms with Gasteiger partial charge in [0.1, 0.15) is 6.54 Å². The maximum absolute atomic E-state index is 11.7. The molecular formula is C16H26N4O2S. The molecule has 1 aromatic heterocycles. The number of hydrogen-bond donors (Lipinski definition) is 2. The molecule has 0 bridgehead atoms. The number of carbonyl (C=O) groups excluding carboxylic acids is 1. The molecule has 0 aliphatic carbocycles. The van der Waals surface area contributed by atoms with Gasteiger partial charge in [-0.25, -0.2) is 4.99 Å². The molecule has 1 aliphatic heterocycles. The van der Waals surface area contributed by atoms with Crippen LogP contribution in [0.2, 0.25) is 0 Å². The summed E-state index contributed by atoms with van der Waals surface area (Å²) in [6, 6.07) is 4.22. The number of ether oxygens (including phenoxy) is 1. The summed E-state index contributed by atoms with van der Waals surface area (Å²) in [7, 11) is 3.48. The van der Waals surface area contributed by atoms with Crippen molar-refractivity contribution in [2.24, 2.45) is 10.9 Å². The molecule has 23 heavy (non-hydrogen) atoms. The smallest absolute Gasteiger partial charge is 0.243 e. The lowest BCUT2D eigenvalue weighted by Gasteiger charge is -2.15. The van der Waals surface area contributed by atoms with Crippen LogP contribution >= 0.6 is 11.3 Å². The van der Waals surface area contributed by atoms with E-state index in [1.807, 2.05) is 0 Å². The lowest BCUT2D eigenvalue weighted by molar-refractivity contribution is -0.127. The van der Waals surface area contributed by atoms with Crippen LogP contribution in [0.5, 0.6) is 0 Å². The molecule has 0 aromatic carbocycles. The minimum Gasteiger partial charge on any atom is -0.381 e. The van der Waals surface area contributed by atoms with Crippen molar-refractivity contribution in [3.8, 4) is 0 Å². The van der Waals surface area contributed by atoms with Crippen LogP contribution in [0.4, 0.5) is 0 Å². The lowest BCUT2D eigenvalue weighted by atomic mass is 10.1. The van der Waals surface area contributed by atoms with Crippen molar-refractivity contribution in [2.75, 3.05) is 40.4 Å². The molecule has 1 unspecified atom stereocenters. The first kappa shape index (κ1) is 17.7. The Kier molecular flexibility index (Phi) is 6.85. The van der Waals surface area contributed by atoms with Crippen LogP contribution in [0.1, 0.15) is 16.2 Å². The number of aliphatic imine (C=N–C) groups is 1. The second-order valence-electron chi connectivity index (χ2n) is 5.93. The number of carbonyl (C=O) groups is 1. The molecule has 1 aromatic rings. The van der Waals surface area contributed by atoms with Gasteiger partial charge in [-0.3, -0.25) is 4.79 Å². The summed E-state index contributed by atoms with van der Waals surface area (Å²) in [5.74, 6) is 1.18. The molecule has 1 fully saturated rings. The van der Waals surface area contributed by atoms with Gasteiger partial charge in [-0.1, -0.05) is 0 Å². The number of hydrogen-bond acceptors (Lipinski definition) is 4. The zero-order valence-corrected chi connectivity index (χ0v) is 14.9. The summed E-state index contributed by atoms with van der Waals surface area (Å²) >= 11 is 1.76. The molecule has 1 aliphatic rings. The molecule has 6 nitrogen and oxygen atoms in total. The fourth-order valence-electron chi connectivity index (χ4n) is 2.20. The highest BCUT2D eigenvalue weighted by atomic mass is 32.1. The third-order valence-electron chi connectivity index (χ3n) is 3.68. The van der Waals surface area contributed by atoms with Crippen LogP contribution in [-0.4, -0.2) is 57.2 Å². The summed E-state index contributed by atoms with van der Waals surface area (Å²) in [5, 5.41) is 6.63. The summed E-state index contributed by atoms with van der Waals surface area (Å²) in [5.41, 5.74) is 0. The van der Waals surface area contributed by atoms with Crippen molar-refractivity contribution in [1.29, 1.82) is 0 Å². The van der Waals surface area contributed by atoms with Gasteiger partial charge in [-0.15, -0.1) is 11.3 Å². The number of guanidine groups is 1. The topological polar surface area (TPSA) is 66.0 Å². The average Bonchev–Trinajstić information content (AvgIpc) is 3.17. The number of nitrogens with zero attached hydrogens (tertiary/aromatic N) is 2. The first-order valence-electron chi connectivity index (χ1n) is 7.90. The standard InChI is InChI=1S/C16H26N4O2S/c1-12-4-5-14(23-12)9-18-16(19-10-15(21)20(2)3)17-8-13-6-7-22-11-13/h4-5,13H,6-11H2,1-3H3,(H2,17,18,19). The van der Waals surface area contributed by atoms with E-state index in [0.717, 1.165) is 26.2 Å². The Labute approximate surface area is 141 Å². The lowest BCUT2D eigenvalue weighted by Crippen LogP contribution is -2.40. The molecule has 1 atom stereocenters. The van der Waals surface area contributed by atoms with Crippen LogP contribution < -0.4 is 10.6 Å². The van der Waals surface area contributed by atoms with Crippen molar-refractivity contribution < 1.29 is 9.53 Å². The third-order valence-corrected chi connectivity index (χ3v) is 4.68. The molecule has 1 amide bonds. The zero-order chi connectivity index (χ0) is 16.7. The predicted octanol–water partition coefficient (Wildman–Crippen LogP) is 1.22. The summed E-state index contributed by atoms with van der Waals surface area (Å²) in [6.45, 7) is 5.39. The van der Waals surface area contributed by atoms with E-state index in [-0.39, 0.29) is 12.5 Å². The van der Waals surface area contributed by atoms with E-state index in [2.05, 4.69) is 34.7 Å². The quantitative estimate of drug-likeness (QED) is 0.605. The zero-order valence-electron chi connectivity index (χ0n) is 14.1. The Morgan fingerprint density at radius 2 is 2.26 bits per heavy atom. The molecular weight excluding hydrogens is 312 g/mol. The molecule has 2 rings (SSSR count). The Balaban J connectivity index is 1.88. The number of amides is 1. The fourth-order valence-corrected chi connectivity index (χ4v) is 3.03. The molecule has 0 saturated carbocycles. The summed E-state index contributed by atoms with van der Waals surface area (Å²) in [6.07, 6.45) is 1.07. The molecule has 1 saturated heterocycles. The van der Waals surface area contributed by atoms with Crippen LogP contribution in [0.3, 0.4) is 0 Å². The summed E-state index contributed by atoms with van der Waals surface area (Å²) < 4.78 is 5.39.